The standard InChI is InChI=1S/C21H27N3O4S2.ClH/c1-28-14-17-19(30-21-22-11-5-12-24(17)21)20(27)23-15-7-9-16(10-8-15)29-13-4-2-3-6-18(25)26;/h7-10H,2-6,11-14H2,1H3,(H,23,27)(H,25,26);1H. The number of benzene rings is 1. The van der Waals surface area contributed by atoms with E-state index in [0.717, 1.165) is 66.0 Å². The molecular formula is C21H28ClN3O4S2. The van der Waals surface area contributed by atoms with Crippen molar-refractivity contribution in [2.45, 2.75) is 37.0 Å². The largest absolute Gasteiger partial charge is 0.481 e. The predicted molar refractivity (Wildman–Crippen MR) is 129 cm³/mol. The number of unbranched alkanes of at least 4 members (excludes halogenated alkanes) is 2. The topological polar surface area (TPSA) is 91.2 Å². The van der Waals surface area contributed by atoms with Gasteiger partial charge in [-0.25, -0.2) is 0 Å². The fourth-order valence-corrected chi connectivity index (χ4v) is 5.21. The Bertz CT molecular complexity index is 830. The van der Waals surface area contributed by atoms with Crippen LogP contribution in [0, 0.1) is 0 Å². The highest BCUT2D eigenvalue weighted by atomic mass is 35.5. The van der Waals surface area contributed by atoms with E-state index in [9.17, 15) is 9.59 Å². The van der Waals surface area contributed by atoms with Crippen LogP contribution < -0.4 is 5.32 Å². The van der Waals surface area contributed by atoms with E-state index in [1.807, 2.05) is 24.3 Å². The summed E-state index contributed by atoms with van der Waals surface area (Å²) in [6.45, 7) is 2.05. The first-order valence-corrected chi connectivity index (χ1v) is 11.9. The Balaban J connectivity index is 0.00000341. The number of carboxylic acids is 1. The average molecular weight is 486 g/mol. The summed E-state index contributed by atoms with van der Waals surface area (Å²) in [5.41, 5.74) is 1.64. The van der Waals surface area contributed by atoms with Gasteiger partial charge in [0.2, 0.25) is 0 Å². The van der Waals surface area contributed by atoms with Gasteiger partial charge in [-0.3, -0.25) is 14.6 Å². The Labute approximate surface area is 197 Å². The molecule has 1 aromatic carbocycles. The Morgan fingerprint density at radius 1 is 1.26 bits per heavy atom. The number of nitrogens with zero attached hydrogens (tertiary/aromatic N) is 2. The maximum atomic E-state index is 12.9. The second-order valence-corrected chi connectivity index (χ2v) is 9.16. The number of carbonyl (C=O) groups is 2. The quantitative estimate of drug-likeness (QED) is 0.353. The third kappa shape index (κ3) is 7.45. The van der Waals surface area contributed by atoms with Crippen molar-refractivity contribution < 1.29 is 19.4 Å². The van der Waals surface area contributed by atoms with Crippen molar-refractivity contribution in [1.82, 2.24) is 4.90 Å². The summed E-state index contributed by atoms with van der Waals surface area (Å²) in [4.78, 5) is 31.8. The molecule has 0 radical (unpaired) electrons. The normalized spacial score (nSPS) is 15.3. The number of ether oxygens (including phenoxy) is 1. The van der Waals surface area contributed by atoms with Crippen LogP contribution in [0.2, 0.25) is 0 Å². The molecule has 7 nitrogen and oxygen atoms in total. The molecule has 0 saturated heterocycles. The fraction of sp³-hybridized carbons (Fsp3) is 0.476. The van der Waals surface area contributed by atoms with Crippen molar-refractivity contribution in [3.8, 4) is 0 Å². The Hall–Kier alpha value is -1.68. The molecule has 2 aliphatic heterocycles. The number of hydrogen-bond acceptors (Lipinski definition) is 7. The molecule has 31 heavy (non-hydrogen) atoms. The molecule has 170 valence electrons. The molecule has 0 saturated carbocycles. The van der Waals surface area contributed by atoms with E-state index >= 15 is 0 Å². The molecule has 2 N–H and O–H groups in total. The van der Waals surface area contributed by atoms with E-state index in [-0.39, 0.29) is 24.7 Å². The number of rotatable bonds is 11. The molecule has 2 aliphatic rings. The van der Waals surface area contributed by atoms with E-state index in [0.29, 0.717) is 11.5 Å². The second-order valence-electron chi connectivity index (χ2n) is 7.01. The van der Waals surface area contributed by atoms with Crippen LogP contribution in [0.3, 0.4) is 0 Å². The van der Waals surface area contributed by atoms with Gasteiger partial charge in [0.1, 0.15) is 4.91 Å². The highest BCUT2D eigenvalue weighted by Gasteiger charge is 2.34. The van der Waals surface area contributed by atoms with Crippen LogP contribution in [-0.2, 0) is 14.3 Å². The number of amides is 1. The van der Waals surface area contributed by atoms with Gasteiger partial charge in [0.15, 0.2) is 5.17 Å². The van der Waals surface area contributed by atoms with E-state index in [1.165, 1.54) is 11.8 Å². The van der Waals surface area contributed by atoms with Gasteiger partial charge < -0.3 is 20.1 Å². The van der Waals surface area contributed by atoms with Gasteiger partial charge in [-0.15, -0.1) is 24.2 Å². The number of hydrogen-bond donors (Lipinski definition) is 2. The third-order valence-electron chi connectivity index (χ3n) is 4.70. The van der Waals surface area contributed by atoms with Crippen molar-refractivity contribution in [2.24, 2.45) is 4.99 Å². The minimum absolute atomic E-state index is 0. The van der Waals surface area contributed by atoms with Crippen LogP contribution >= 0.6 is 35.9 Å². The number of amidine groups is 1. The van der Waals surface area contributed by atoms with Crippen LogP contribution in [0.5, 0.6) is 0 Å². The number of anilines is 1. The van der Waals surface area contributed by atoms with E-state index < -0.39 is 5.97 Å². The number of thioether (sulfide) groups is 2. The van der Waals surface area contributed by atoms with Crippen LogP contribution in [0.4, 0.5) is 5.69 Å². The lowest BCUT2D eigenvalue weighted by atomic mass is 10.2. The van der Waals surface area contributed by atoms with Gasteiger partial charge in [-0.05, 0) is 61.0 Å². The van der Waals surface area contributed by atoms with Gasteiger partial charge in [-0.2, -0.15) is 0 Å². The van der Waals surface area contributed by atoms with Crippen molar-refractivity contribution >= 4 is 58.7 Å². The number of carboxylic acid groups (broad SMARTS) is 1. The van der Waals surface area contributed by atoms with Crippen molar-refractivity contribution in [1.29, 1.82) is 0 Å². The van der Waals surface area contributed by atoms with Gasteiger partial charge in [0.05, 0.1) is 12.3 Å². The molecule has 0 unspecified atom stereocenters. The molecular weight excluding hydrogens is 458 g/mol. The Morgan fingerprint density at radius 2 is 2.03 bits per heavy atom. The van der Waals surface area contributed by atoms with Crippen LogP contribution in [0.1, 0.15) is 32.1 Å². The molecule has 1 aromatic rings. The first-order chi connectivity index (χ1) is 14.6. The molecule has 0 spiro atoms. The minimum atomic E-state index is -0.731. The maximum Gasteiger partial charge on any atom is 0.303 e. The SMILES string of the molecule is COCC1=C(C(=O)Nc2ccc(SCCCCCC(=O)O)cc2)SC2=NCCCN21.Cl. The first-order valence-electron chi connectivity index (χ1n) is 10.1. The third-order valence-corrected chi connectivity index (χ3v) is 6.96. The van der Waals surface area contributed by atoms with E-state index in [1.54, 1.807) is 18.9 Å². The molecule has 0 aliphatic carbocycles. The zero-order chi connectivity index (χ0) is 21.3. The van der Waals surface area contributed by atoms with E-state index in [4.69, 9.17) is 9.84 Å². The van der Waals surface area contributed by atoms with Crippen molar-refractivity contribution in [3.63, 3.8) is 0 Å². The number of carbonyl (C=O) groups excluding carboxylic acids is 1. The van der Waals surface area contributed by atoms with Gasteiger partial charge in [0, 0.05) is 37.2 Å². The zero-order valence-electron chi connectivity index (χ0n) is 17.5. The average Bonchev–Trinajstić information content (AvgIpc) is 3.11. The summed E-state index contributed by atoms with van der Waals surface area (Å²) in [6, 6.07) is 7.81. The summed E-state index contributed by atoms with van der Waals surface area (Å²) in [5, 5.41) is 12.5. The predicted octanol–water partition coefficient (Wildman–Crippen LogP) is 4.45. The van der Waals surface area contributed by atoms with E-state index in [2.05, 4.69) is 15.2 Å². The minimum Gasteiger partial charge on any atom is -0.481 e. The van der Waals surface area contributed by atoms with Crippen LogP contribution in [0.25, 0.3) is 0 Å². The molecule has 1 amide bonds. The number of aliphatic carboxylic acids is 1. The number of fused-ring (bicyclic) bond motifs is 1. The summed E-state index contributed by atoms with van der Waals surface area (Å²) < 4.78 is 5.32. The summed E-state index contributed by atoms with van der Waals surface area (Å²) in [5.74, 6) is 0.0843. The number of nitrogens with one attached hydrogen (secondary N) is 1. The molecule has 10 heteroatoms. The fourth-order valence-electron chi connectivity index (χ4n) is 3.22. The molecule has 0 aromatic heterocycles. The number of halogens is 1. The lowest BCUT2D eigenvalue weighted by Crippen LogP contribution is -2.31. The first kappa shape index (κ1) is 25.6. The second kappa shape index (κ2) is 13.0. The molecule has 0 fully saturated rings. The van der Waals surface area contributed by atoms with Crippen LogP contribution in [0.15, 0.2) is 44.8 Å². The summed E-state index contributed by atoms with van der Waals surface area (Å²) in [7, 11) is 1.63. The monoisotopic (exact) mass is 485 g/mol. The molecule has 2 heterocycles. The Kier molecular flexibility index (Phi) is 10.7. The van der Waals surface area contributed by atoms with Gasteiger partial charge >= 0.3 is 5.97 Å². The van der Waals surface area contributed by atoms with Gasteiger partial charge in [0.25, 0.3) is 5.91 Å². The number of aliphatic imine (C=N–C) groups is 1. The van der Waals surface area contributed by atoms with Crippen molar-refractivity contribution in [3.05, 3.63) is 34.9 Å². The maximum absolute atomic E-state index is 12.9. The molecule has 3 rings (SSSR count). The molecule has 0 atom stereocenters. The number of methoxy groups -OCH3 is 1. The smallest absolute Gasteiger partial charge is 0.303 e. The summed E-state index contributed by atoms with van der Waals surface area (Å²) >= 11 is 3.16. The highest BCUT2D eigenvalue weighted by molar-refractivity contribution is 8.18. The molecule has 0 bridgehead atoms. The summed E-state index contributed by atoms with van der Waals surface area (Å²) in [6.07, 6.45) is 3.86. The van der Waals surface area contributed by atoms with Crippen molar-refractivity contribution in [2.75, 3.05) is 37.9 Å². The van der Waals surface area contributed by atoms with Crippen LogP contribution in [-0.4, -0.2) is 59.6 Å². The Morgan fingerprint density at radius 3 is 2.74 bits per heavy atom. The van der Waals surface area contributed by atoms with Gasteiger partial charge in [-0.1, -0.05) is 6.42 Å². The zero-order valence-corrected chi connectivity index (χ0v) is 19.9. The lowest BCUT2D eigenvalue weighted by molar-refractivity contribution is -0.137. The lowest BCUT2D eigenvalue weighted by Gasteiger charge is -2.24. The highest BCUT2D eigenvalue weighted by Crippen LogP contribution is 2.37.